The van der Waals surface area contributed by atoms with Gasteiger partial charge >= 0.3 is 0 Å². The smallest absolute Gasteiger partial charge is 0.0858 e. The van der Waals surface area contributed by atoms with E-state index in [0.29, 0.717) is 5.92 Å². The molecule has 0 bridgehead atoms. The van der Waals surface area contributed by atoms with Gasteiger partial charge in [0, 0.05) is 16.6 Å². The highest BCUT2D eigenvalue weighted by Crippen LogP contribution is 2.31. The van der Waals surface area contributed by atoms with Crippen molar-refractivity contribution in [3.8, 4) is 0 Å². The van der Waals surface area contributed by atoms with Crippen molar-refractivity contribution in [1.29, 1.82) is 0 Å². The van der Waals surface area contributed by atoms with Gasteiger partial charge in [0.25, 0.3) is 0 Å². The molecule has 1 aromatic heterocycles. The van der Waals surface area contributed by atoms with Crippen LogP contribution in [0.15, 0.2) is 34.9 Å². The second-order valence-corrected chi connectivity index (χ2v) is 6.12. The maximum atomic E-state index is 4.36. The molecule has 19 heavy (non-hydrogen) atoms. The van der Waals surface area contributed by atoms with Crippen LogP contribution in [0.25, 0.3) is 0 Å². The highest BCUT2D eigenvalue weighted by atomic mass is 79.9. The van der Waals surface area contributed by atoms with E-state index in [-0.39, 0.29) is 0 Å². The normalized spacial score (nSPS) is 16.7. The predicted molar refractivity (Wildman–Crippen MR) is 79.1 cm³/mol. The maximum absolute atomic E-state index is 4.36. The molecule has 0 spiro atoms. The lowest BCUT2D eigenvalue weighted by molar-refractivity contribution is 0.436. The molecule has 0 unspecified atom stereocenters. The van der Waals surface area contributed by atoms with Gasteiger partial charge in [-0.3, -0.25) is 0 Å². The minimum Gasteiger partial charge on any atom is -0.248 e. The standard InChI is InChI=1S/C15H18BrN3/c16-14-9-5-4-8-13(14)10-19-11-15(17-18-19)12-6-2-1-3-7-12/h4-5,8-9,11-12H,1-3,6-7,10H2. The summed E-state index contributed by atoms with van der Waals surface area (Å²) >= 11 is 3.58. The van der Waals surface area contributed by atoms with Gasteiger partial charge in [-0.25, -0.2) is 4.68 Å². The average Bonchev–Trinajstić information content (AvgIpc) is 2.91. The summed E-state index contributed by atoms with van der Waals surface area (Å²) in [7, 11) is 0. The van der Waals surface area contributed by atoms with Crippen LogP contribution in [0.2, 0.25) is 0 Å². The summed E-state index contributed by atoms with van der Waals surface area (Å²) in [5.74, 6) is 0.627. The number of hydrogen-bond donors (Lipinski definition) is 0. The lowest BCUT2D eigenvalue weighted by Gasteiger charge is -2.18. The van der Waals surface area contributed by atoms with E-state index < -0.39 is 0 Å². The number of nitrogens with zero attached hydrogens (tertiary/aromatic N) is 3. The zero-order valence-corrected chi connectivity index (χ0v) is 12.5. The quantitative estimate of drug-likeness (QED) is 0.851. The number of rotatable bonds is 3. The van der Waals surface area contributed by atoms with Crippen molar-refractivity contribution in [2.45, 2.75) is 44.6 Å². The van der Waals surface area contributed by atoms with Crippen LogP contribution in [0.3, 0.4) is 0 Å². The largest absolute Gasteiger partial charge is 0.248 e. The molecule has 1 saturated carbocycles. The SMILES string of the molecule is Brc1ccccc1Cn1cc(C2CCCCC2)nn1. The monoisotopic (exact) mass is 319 g/mol. The van der Waals surface area contributed by atoms with Gasteiger partial charge in [-0.2, -0.15) is 0 Å². The Balaban J connectivity index is 1.73. The number of benzene rings is 1. The Morgan fingerprint density at radius 2 is 1.95 bits per heavy atom. The van der Waals surface area contributed by atoms with Crippen LogP contribution in [0.1, 0.15) is 49.3 Å². The van der Waals surface area contributed by atoms with Gasteiger partial charge in [-0.15, -0.1) is 5.10 Å². The van der Waals surface area contributed by atoms with E-state index in [0.717, 1.165) is 11.0 Å². The molecule has 1 fully saturated rings. The van der Waals surface area contributed by atoms with Crippen LogP contribution in [-0.2, 0) is 6.54 Å². The first kappa shape index (κ1) is 12.9. The number of halogens is 1. The van der Waals surface area contributed by atoms with Gasteiger partial charge in [0.05, 0.1) is 12.2 Å². The first-order chi connectivity index (χ1) is 9.33. The molecule has 3 rings (SSSR count). The van der Waals surface area contributed by atoms with Crippen LogP contribution in [0.4, 0.5) is 0 Å². The lowest BCUT2D eigenvalue weighted by atomic mass is 9.87. The number of aromatic nitrogens is 3. The molecule has 1 aliphatic rings. The third-order valence-corrected chi connectivity index (χ3v) is 4.64. The molecule has 1 aliphatic carbocycles. The van der Waals surface area contributed by atoms with Gasteiger partial charge in [-0.05, 0) is 24.5 Å². The van der Waals surface area contributed by atoms with Crippen LogP contribution >= 0.6 is 15.9 Å². The van der Waals surface area contributed by atoms with Crippen molar-refractivity contribution < 1.29 is 0 Å². The van der Waals surface area contributed by atoms with Crippen molar-refractivity contribution in [1.82, 2.24) is 15.0 Å². The summed E-state index contributed by atoms with van der Waals surface area (Å²) in [5, 5.41) is 8.64. The van der Waals surface area contributed by atoms with Gasteiger partial charge in [-0.1, -0.05) is 58.6 Å². The molecule has 1 heterocycles. The first-order valence-electron chi connectivity index (χ1n) is 6.96. The zero-order chi connectivity index (χ0) is 13.1. The molecular weight excluding hydrogens is 302 g/mol. The minimum absolute atomic E-state index is 0.627. The zero-order valence-electron chi connectivity index (χ0n) is 10.9. The third-order valence-electron chi connectivity index (χ3n) is 3.87. The van der Waals surface area contributed by atoms with E-state index in [1.54, 1.807) is 0 Å². The lowest BCUT2D eigenvalue weighted by Crippen LogP contribution is -2.04. The van der Waals surface area contributed by atoms with Crippen LogP contribution in [0.5, 0.6) is 0 Å². The second-order valence-electron chi connectivity index (χ2n) is 5.27. The van der Waals surface area contributed by atoms with E-state index in [1.807, 2.05) is 10.7 Å². The molecule has 2 aromatic rings. The Morgan fingerprint density at radius 3 is 2.74 bits per heavy atom. The Labute approximate surface area is 122 Å². The van der Waals surface area contributed by atoms with Gasteiger partial charge in [0.15, 0.2) is 0 Å². The Hall–Kier alpha value is -1.16. The Morgan fingerprint density at radius 1 is 1.16 bits per heavy atom. The van der Waals surface area contributed by atoms with Crippen molar-refractivity contribution in [3.63, 3.8) is 0 Å². The molecule has 3 nitrogen and oxygen atoms in total. The highest BCUT2D eigenvalue weighted by Gasteiger charge is 2.18. The molecule has 4 heteroatoms. The van der Waals surface area contributed by atoms with Gasteiger partial charge in [0.1, 0.15) is 0 Å². The molecule has 0 atom stereocenters. The van der Waals surface area contributed by atoms with E-state index in [9.17, 15) is 0 Å². The Bertz CT molecular complexity index is 544. The van der Waals surface area contributed by atoms with Gasteiger partial charge < -0.3 is 0 Å². The fourth-order valence-electron chi connectivity index (χ4n) is 2.78. The van der Waals surface area contributed by atoms with Crippen molar-refractivity contribution >= 4 is 15.9 Å². The van der Waals surface area contributed by atoms with Crippen molar-refractivity contribution in [2.24, 2.45) is 0 Å². The molecule has 0 aliphatic heterocycles. The summed E-state index contributed by atoms with van der Waals surface area (Å²) in [5.41, 5.74) is 2.41. The molecular formula is C15H18BrN3. The summed E-state index contributed by atoms with van der Waals surface area (Å²) in [6.45, 7) is 0.779. The van der Waals surface area contributed by atoms with E-state index in [4.69, 9.17) is 0 Å². The number of hydrogen-bond acceptors (Lipinski definition) is 2. The van der Waals surface area contributed by atoms with Crippen molar-refractivity contribution in [2.75, 3.05) is 0 Å². The molecule has 0 N–H and O–H groups in total. The average molecular weight is 320 g/mol. The highest BCUT2D eigenvalue weighted by molar-refractivity contribution is 9.10. The predicted octanol–water partition coefficient (Wildman–Crippen LogP) is 4.14. The van der Waals surface area contributed by atoms with Crippen molar-refractivity contribution in [3.05, 3.63) is 46.2 Å². The molecule has 100 valence electrons. The summed E-state index contributed by atoms with van der Waals surface area (Å²) in [6, 6.07) is 8.27. The summed E-state index contributed by atoms with van der Waals surface area (Å²) < 4.78 is 3.08. The first-order valence-corrected chi connectivity index (χ1v) is 7.75. The topological polar surface area (TPSA) is 30.7 Å². The van der Waals surface area contributed by atoms with Crippen LogP contribution < -0.4 is 0 Å². The maximum Gasteiger partial charge on any atom is 0.0858 e. The van der Waals surface area contributed by atoms with Crippen LogP contribution in [-0.4, -0.2) is 15.0 Å². The van der Waals surface area contributed by atoms with Crippen LogP contribution in [0, 0.1) is 0 Å². The summed E-state index contributed by atoms with van der Waals surface area (Å²) in [6.07, 6.45) is 8.71. The van der Waals surface area contributed by atoms with E-state index in [1.165, 1.54) is 43.4 Å². The molecule has 0 amide bonds. The third kappa shape index (κ3) is 3.06. The fourth-order valence-corrected chi connectivity index (χ4v) is 3.19. The van der Waals surface area contributed by atoms with Gasteiger partial charge in [0.2, 0.25) is 0 Å². The second kappa shape index (κ2) is 5.87. The molecule has 0 radical (unpaired) electrons. The van der Waals surface area contributed by atoms with E-state index in [2.05, 4.69) is 50.6 Å². The summed E-state index contributed by atoms with van der Waals surface area (Å²) in [4.78, 5) is 0. The van der Waals surface area contributed by atoms with E-state index >= 15 is 0 Å². The Kier molecular flexibility index (Phi) is 3.97. The fraction of sp³-hybridized carbons (Fsp3) is 0.467. The molecule has 0 saturated heterocycles. The minimum atomic E-state index is 0.627. The molecule has 1 aromatic carbocycles.